The molecule has 0 bridgehead atoms. The Morgan fingerprint density at radius 2 is 2.09 bits per heavy atom. The summed E-state index contributed by atoms with van der Waals surface area (Å²) in [5, 5.41) is 6.40. The maximum atomic E-state index is 13.1. The van der Waals surface area contributed by atoms with Crippen LogP contribution in [0.15, 0.2) is 18.5 Å². The lowest BCUT2D eigenvalue weighted by Crippen LogP contribution is -2.58. The number of halogens is 3. The number of amides is 2. The van der Waals surface area contributed by atoms with E-state index in [9.17, 15) is 22.8 Å². The molecule has 1 aromatic rings. The highest BCUT2D eigenvalue weighted by Gasteiger charge is 2.48. The van der Waals surface area contributed by atoms with Gasteiger partial charge in [0.2, 0.25) is 11.8 Å². The van der Waals surface area contributed by atoms with E-state index in [2.05, 4.69) is 10.4 Å². The molecule has 1 saturated heterocycles. The second-order valence-corrected chi connectivity index (χ2v) is 5.28. The first-order chi connectivity index (χ1) is 10.3. The highest BCUT2D eigenvalue weighted by atomic mass is 19.4. The summed E-state index contributed by atoms with van der Waals surface area (Å²) in [6.07, 6.45) is -1.56. The molecular weight excluding hydrogens is 301 g/mol. The van der Waals surface area contributed by atoms with Gasteiger partial charge in [0.15, 0.2) is 0 Å². The minimum atomic E-state index is -4.49. The molecule has 0 aromatic carbocycles. The Hall–Kier alpha value is -2.06. The van der Waals surface area contributed by atoms with E-state index in [1.165, 1.54) is 24.0 Å². The van der Waals surface area contributed by atoms with E-state index in [1.54, 1.807) is 6.07 Å². The largest absolute Gasteiger partial charge is 0.408 e. The van der Waals surface area contributed by atoms with Gasteiger partial charge in [-0.05, 0) is 18.9 Å². The summed E-state index contributed by atoms with van der Waals surface area (Å²) in [7, 11) is 0. The minimum Gasteiger partial charge on any atom is -0.352 e. The van der Waals surface area contributed by atoms with Gasteiger partial charge in [0.25, 0.3) is 0 Å². The fourth-order valence-corrected chi connectivity index (χ4v) is 2.62. The number of rotatable bonds is 3. The van der Waals surface area contributed by atoms with Crippen LogP contribution in [0.2, 0.25) is 0 Å². The lowest BCUT2D eigenvalue weighted by atomic mass is 9.97. The number of likely N-dealkylation sites (tertiary alicyclic amines) is 1. The fourth-order valence-electron chi connectivity index (χ4n) is 2.62. The molecule has 0 radical (unpaired) electrons. The van der Waals surface area contributed by atoms with E-state index in [4.69, 9.17) is 0 Å². The van der Waals surface area contributed by atoms with Crippen LogP contribution in [0.3, 0.4) is 0 Å². The van der Waals surface area contributed by atoms with Crippen LogP contribution in [0, 0.1) is 0 Å². The Bertz CT molecular complexity index is 530. The molecule has 1 N–H and O–H groups in total. The molecule has 2 atom stereocenters. The third-order valence-electron chi connectivity index (χ3n) is 3.54. The van der Waals surface area contributed by atoms with E-state index >= 15 is 0 Å². The van der Waals surface area contributed by atoms with Crippen LogP contribution in [0.25, 0.3) is 0 Å². The summed E-state index contributed by atoms with van der Waals surface area (Å²) in [5.74, 6) is -0.990. The van der Waals surface area contributed by atoms with Crippen LogP contribution >= 0.6 is 0 Å². The van der Waals surface area contributed by atoms with Crippen molar-refractivity contribution in [1.29, 1.82) is 0 Å². The highest BCUT2D eigenvalue weighted by molar-refractivity contribution is 5.77. The molecule has 122 valence electrons. The van der Waals surface area contributed by atoms with E-state index in [0.29, 0.717) is 0 Å². The highest BCUT2D eigenvalue weighted by Crippen LogP contribution is 2.32. The molecule has 9 heteroatoms. The van der Waals surface area contributed by atoms with Crippen molar-refractivity contribution in [3.63, 3.8) is 0 Å². The number of hydrogen-bond acceptors (Lipinski definition) is 3. The van der Waals surface area contributed by atoms with Gasteiger partial charge in [-0.1, -0.05) is 0 Å². The van der Waals surface area contributed by atoms with Gasteiger partial charge in [-0.2, -0.15) is 18.3 Å². The standard InChI is InChI=1S/C13H17F3N4O2/c1-9(21)18-10-3-4-11(13(14,15)16)20(7-10)12(22)8-19-6-2-5-17-19/h2,5-6,10-11H,3-4,7-8H2,1H3,(H,18,21). The first-order valence-corrected chi connectivity index (χ1v) is 6.88. The maximum Gasteiger partial charge on any atom is 0.408 e. The number of carbonyl (C=O) groups excluding carboxylic acids is 2. The summed E-state index contributed by atoms with van der Waals surface area (Å²) >= 11 is 0. The van der Waals surface area contributed by atoms with Gasteiger partial charge < -0.3 is 10.2 Å². The van der Waals surface area contributed by atoms with Crippen molar-refractivity contribution in [2.75, 3.05) is 6.54 Å². The van der Waals surface area contributed by atoms with Crippen LogP contribution < -0.4 is 5.32 Å². The second-order valence-electron chi connectivity index (χ2n) is 5.28. The van der Waals surface area contributed by atoms with Crippen molar-refractivity contribution in [1.82, 2.24) is 20.0 Å². The number of nitrogens with one attached hydrogen (secondary N) is 1. The Balaban J connectivity index is 2.12. The first-order valence-electron chi connectivity index (χ1n) is 6.88. The van der Waals surface area contributed by atoms with Gasteiger partial charge >= 0.3 is 6.18 Å². The summed E-state index contributed by atoms with van der Waals surface area (Å²) in [4.78, 5) is 24.1. The maximum absolute atomic E-state index is 13.1. The van der Waals surface area contributed by atoms with Crippen molar-refractivity contribution in [3.05, 3.63) is 18.5 Å². The van der Waals surface area contributed by atoms with Crippen LogP contribution in [0.1, 0.15) is 19.8 Å². The molecule has 1 fully saturated rings. The summed E-state index contributed by atoms with van der Waals surface area (Å²) < 4.78 is 40.6. The monoisotopic (exact) mass is 318 g/mol. The number of aromatic nitrogens is 2. The molecule has 2 amide bonds. The molecule has 0 aliphatic carbocycles. The smallest absolute Gasteiger partial charge is 0.352 e. The summed E-state index contributed by atoms with van der Waals surface area (Å²) in [5.41, 5.74) is 0. The molecule has 2 rings (SSSR count). The molecule has 1 aliphatic heterocycles. The third kappa shape index (κ3) is 3.99. The van der Waals surface area contributed by atoms with Gasteiger partial charge in [0.05, 0.1) is 0 Å². The number of hydrogen-bond donors (Lipinski definition) is 1. The number of carbonyl (C=O) groups is 2. The van der Waals surface area contributed by atoms with Crippen LogP contribution in [-0.2, 0) is 16.1 Å². The fraction of sp³-hybridized carbons (Fsp3) is 0.615. The van der Waals surface area contributed by atoms with Crippen molar-refractivity contribution in [2.24, 2.45) is 0 Å². The molecule has 22 heavy (non-hydrogen) atoms. The Labute approximate surface area is 125 Å². The van der Waals surface area contributed by atoms with Crippen LogP contribution in [-0.4, -0.2) is 51.3 Å². The predicted molar refractivity (Wildman–Crippen MR) is 70.6 cm³/mol. The van der Waals surface area contributed by atoms with Crippen LogP contribution in [0.4, 0.5) is 13.2 Å². The van der Waals surface area contributed by atoms with Gasteiger partial charge in [-0.25, -0.2) is 0 Å². The average molecular weight is 318 g/mol. The Morgan fingerprint density at radius 3 is 2.64 bits per heavy atom. The van der Waals surface area contributed by atoms with Crippen molar-refractivity contribution in [3.8, 4) is 0 Å². The number of nitrogens with zero attached hydrogens (tertiary/aromatic N) is 3. The average Bonchev–Trinajstić information content (AvgIpc) is 2.89. The lowest BCUT2D eigenvalue weighted by molar-refractivity contribution is -0.197. The molecule has 6 nitrogen and oxygen atoms in total. The normalized spacial score (nSPS) is 22.5. The van der Waals surface area contributed by atoms with Crippen molar-refractivity contribution in [2.45, 2.75) is 44.6 Å². The van der Waals surface area contributed by atoms with Gasteiger partial charge in [0, 0.05) is 31.9 Å². The van der Waals surface area contributed by atoms with Gasteiger partial charge in [0.1, 0.15) is 12.6 Å². The topological polar surface area (TPSA) is 67.2 Å². The van der Waals surface area contributed by atoms with E-state index in [1.807, 2.05) is 0 Å². The zero-order valence-electron chi connectivity index (χ0n) is 12.0. The molecule has 2 heterocycles. The zero-order chi connectivity index (χ0) is 16.3. The third-order valence-corrected chi connectivity index (χ3v) is 3.54. The molecular formula is C13H17F3N4O2. The van der Waals surface area contributed by atoms with Gasteiger partial charge in [-0.3, -0.25) is 14.3 Å². The van der Waals surface area contributed by atoms with Crippen molar-refractivity contribution < 1.29 is 22.8 Å². The minimum absolute atomic E-state index is 0.149. The summed E-state index contributed by atoms with van der Waals surface area (Å²) in [6, 6.07) is -0.691. The number of alkyl halides is 3. The quantitative estimate of drug-likeness (QED) is 0.902. The van der Waals surface area contributed by atoms with Gasteiger partial charge in [-0.15, -0.1) is 0 Å². The lowest BCUT2D eigenvalue weighted by Gasteiger charge is -2.40. The van der Waals surface area contributed by atoms with Crippen molar-refractivity contribution >= 4 is 11.8 Å². The molecule has 0 saturated carbocycles. The van der Waals surface area contributed by atoms with E-state index in [0.717, 1.165) is 4.90 Å². The predicted octanol–water partition coefficient (Wildman–Crippen LogP) is 0.941. The second kappa shape index (κ2) is 6.37. The molecule has 1 aliphatic rings. The molecule has 2 unspecified atom stereocenters. The Kier molecular flexibility index (Phi) is 4.72. The number of piperidine rings is 1. The molecule has 0 spiro atoms. The van der Waals surface area contributed by atoms with E-state index in [-0.39, 0.29) is 31.8 Å². The SMILES string of the molecule is CC(=O)NC1CCC(C(F)(F)F)N(C(=O)Cn2cccn2)C1. The Morgan fingerprint density at radius 1 is 1.36 bits per heavy atom. The molecule has 1 aromatic heterocycles. The first kappa shape index (κ1) is 16.3. The van der Waals surface area contributed by atoms with Crippen LogP contribution in [0.5, 0.6) is 0 Å². The summed E-state index contributed by atoms with van der Waals surface area (Å²) in [6.45, 7) is 0.891. The van der Waals surface area contributed by atoms with E-state index < -0.39 is 24.2 Å². The zero-order valence-corrected chi connectivity index (χ0v) is 12.0.